The smallest absolute Gasteiger partial charge is 0.421 e. The van der Waals surface area contributed by atoms with E-state index in [9.17, 15) is 10.0 Å². The van der Waals surface area contributed by atoms with E-state index in [0.29, 0.717) is 10.3 Å². The fourth-order valence-electron chi connectivity index (χ4n) is 1.54. The van der Waals surface area contributed by atoms with Crippen LogP contribution in [0.15, 0.2) is 33.6 Å². The molecule has 0 radical (unpaired) electrons. The molecule has 2 rings (SSSR count). The quantitative estimate of drug-likeness (QED) is 0.766. The van der Waals surface area contributed by atoms with Crippen molar-refractivity contribution in [3.63, 3.8) is 0 Å². The Morgan fingerprint density at radius 1 is 1.24 bits per heavy atom. The number of rotatable bonds is 1. The highest BCUT2D eigenvalue weighted by atomic mass is 16.6. The van der Waals surface area contributed by atoms with Gasteiger partial charge in [0.15, 0.2) is 0 Å². The lowest BCUT2D eigenvalue weighted by Crippen LogP contribution is -2.12. The molecule has 90 valence electrons. The third-order valence-corrected chi connectivity index (χ3v) is 2.59. The highest BCUT2D eigenvalue weighted by molar-refractivity contribution is 5.55. The van der Waals surface area contributed by atoms with Crippen LogP contribution in [0.4, 0.5) is 0 Å². The topological polar surface area (TPSA) is 68.3 Å². The minimum atomic E-state index is -0.889. The van der Waals surface area contributed by atoms with Gasteiger partial charge in [-0.25, -0.2) is 4.79 Å². The molecule has 5 heteroatoms. The molecule has 1 aromatic carbocycles. The van der Waals surface area contributed by atoms with E-state index in [2.05, 4.69) is 30.5 Å². The van der Waals surface area contributed by atoms with Crippen LogP contribution in [0, 0.1) is 0 Å². The third kappa shape index (κ3) is 2.08. The molecule has 0 aliphatic rings. The van der Waals surface area contributed by atoms with Crippen molar-refractivity contribution in [2.45, 2.75) is 26.2 Å². The van der Waals surface area contributed by atoms with Crippen LogP contribution in [-0.2, 0) is 5.41 Å². The van der Waals surface area contributed by atoms with Crippen LogP contribution in [-0.4, -0.2) is 15.1 Å². The molecule has 0 saturated heterocycles. The lowest BCUT2D eigenvalue weighted by atomic mass is 9.87. The summed E-state index contributed by atoms with van der Waals surface area (Å²) in [6.07, 6.45) is 0. The molecular weight excluding hydrogens is 220 g/mol. The van der Waals surface area contributed by atoms with E-state index in [-0.39, 0.29) is 11.2 Å². The van der Waals surface area contributed by atoms with Crippen molar-refractivity contribution in [3.05, 3.63) is 40.4 Å². The van der Waals surface area contributed by atoms with Gasteiger partial charge in [0, 0.05) is 5.56 Å². The maximum absolute atomic E-state index is 10.9. The van der Waals surface area contributed by atoms with Crippen molar-refractivity contribution in [2.24, 2.45) is 0 Å². The van der Waals surface area contributed by atoms with Crippen molar-refractivity contribution in [3.8, 4) is 11.4 Å². The van der Waals surface area contributed by atoms with Gasteiger partial charge < -0.3 is 5.21 Å². The molecule has 0 saturated carbocycles. The summed E-state index contributed by atoms with van der Waals surface area (Å²) >= 11 is 0. The van der Waals surface area contributed by atoms with Gasteiger partial charge in [-0.2, -0.15) is 0 Å². The van der Waals surface area contributed by atoms with E-state index in [1.165, 1.54) is 0 Å². The molecule has 0 unspecified atom stereocenters. The largest absolute Gasteiger partial charge is 0.475 e. The van der Waals surface area contributed by atoms with Crippen molar-refractivity contribution < 1.29 is 9.73 Å². The van der Waals surface area contributed by atoms with Gasteiger partial charge >= 0.3 is 5.76 Å². The van der Waals surface area contributed by atoms with Gasteiger partial charge in [0.05, 0.1) is 0 Å². The highest BCUT2D eigenvalue weighted by Gasteiger charge is 2.15. The molecule has 0 spiro atoms. The first-order chi connectivity index (χ1) is 7.89. The highest BCUT2D eigenvalue weighted by Crippen LogP contribution is 2.24. The first-order valence-electron chi connectivity index (χ1n) is 5.28. The molecule has 0 fully saturated rings. The molecule has 17 heavy (non-hydrogen) atoms. The van der Waals surface area contributed by atoms with Crippen LogP contribution in [0.3, 0.4) is 0 Å². The summed E-state index contributed by atoms with van der Waals surface area (Å²) in [5.74, 6) is -0.782. The fourth-order valence-corrected chi connectivity index (χ4v) is 1.54. The van der Waals surface area contributed by atoms with Crippen LogP contribution in [0.1, 0.15) is 26.3 Å². The Labute approximate surface area is 98.3 Å². The summed E-state index contributed by atoms with van der Waals surface area (Å²) in [6.45, 7) is 6.33. The van der Waals surface area contributed by atoms with Gasteiger partial charge in [-0.15, -0.1) is 0 Å². The number of hydrogen-bond acceptors (Lipinski definition) is 4. The summed E-state index contributed by atoms with van der Waals surface area (Å²) < 4.78 is 4.75. The summed E-state index contributed by atoms with van der Waals surface area (Å²) in [4.78, 5) is 10.9. The predicted octanol–water partition coefficient (Wildman–Crippen LogP) is 2.04. The molecule has 0 bridgehead atoms. The summed E-state index contributed by atoms with van der Waals surface area (Å²) in [5, 5.41) is 12.9. The van der Waals surface area contributed by atoms with Crippen molar-refractivity contribution in [2.75, 3.05) is 0 Å². The monoisotopic (exact) mass is 234 g/mol. The number of aromatic nitrogens is 2. The second-order valence-electron chi connectivity index (χ2n) is 4.91. The number of nitrogens with zero attached hydrogens (tertiary/aromatic N) is 2. The van der Waals surface area contributed by atoms with Crippen LogP contribution in [0.5, 0.6) is 0 Å². The zero-order chi connectivity index (χ0) is 12.6. The molecular formula is C12H14N2O3. The van der Waals surface area contributed by atoms with E-state index in [0.717, 1.165) is 5.56 Å². The van der Waals surface area contributed by atoms with Crippen molar-refractivity contribution in [1.29, 1.82) is 0 Å². The second-order valence-corrected chi connectivity index (χ2v) is 4.91. The predicted molar refractivity (Wildman–Crippen MR) is 62.1 cm³/mol. The Morgan fingerprint density at radius 2 is 1.82 bits per heavy atom. The maximum atomic E-state index is 10.9. The number of benzene rings is 1. The van der Waals surface area contributed by atoms with Crippen LogP contribution in [0.25, 0.3) is 11.4 Å². The molecule has 1 N–H and O–H groups in total. The lowest BCUT2D eigenvalue weighted by molar-refractivity contribution is 0.164. The average molecular weight is 234 g/mol. The second kappa shape index (κ2) is 3.76. The zero-order valence-corrected chi connectivity index (χ0v) is 9.97. The first kappa shape index (κ1) is 11.4. The third-order valence-electron chi connectivity index (χ3n) is 2.59. The molecule has 0 atom stereocenters. The fraction of sp³-hybridized carbons (Fsp3) is 0.333. The average Bonchev–Trinajstić information content (AvgIpc) is 2.59. The molecule has 1 aromatic heterocycles. The Hall–Kier alpha value is -2.04. The maximum Gasteiger partial charge on any atom is 0.475 e. The van der Waals surface area contributed by atoms with E-state index in [1.54, 1.807) is 12.1 Å². The lowest BCUT2D eigenvalue weighted by Gasteiger charge is -2.18. The minimum absolute atomic E-state index is 0.0568. The van der Waals surface area contributed by atoms with Gasteiger partial charge in [-0.1, -0.05) is 54.9 Å². The van der Waals surface area contributed by atoms with Crippen LogP contribution >= 0.6 is 0 Å². The van der Waals surface area contributed by atoms with Gasteiger partial charge in [0.1, 0.15) is 0 Å². The van der Waals surface area contributed by atoms with E-state index < -0.39 is 5.76 Å². The standard InChI is InChI=1S/C12H14N2O3/c1-12(2,3)9-6-4-8(5-7-9)10-13-17-11(15)14(10)16/h4-7,16H,1-3H3. The van der Waals surface area contributed by atoms with Crippen molar-refractivity contribution >= 4 is 0 Å². The van der Waals surface area contributed by atoms with Gasteiger partial charge in [-0.3, -0.25) is 4.52 Å². The zero-order valence-electron chi connectivity index (χ0n) is 9.97. The van der Waals surface area contributed by atoms with Crippen LogP contribution < -0.4 is 5.76 Å². The molecule has 5 nitrogen and oxygen atoms in total. The van der Waals surface area contributed by atoms with E-state index in [1.807, 2.05) is 12.1 Å². The SMILES string of the molecule is CC(C)(C)c1ccc(-c2noc(=O)n2O)cc1. The van der Waals surface area contributed by atoms with Crippen LogP contribution in [0.2, 0.25) is 0 Å². The Kier molecular flexibility index (Phi) is 2.53. The van der Waals surface area contributed by atoms with E-state index >= 15 is 0 Å². The van der Waals surface area contributed by atoms with E-state index in [4.69, 9.17) is 0 Å². The Bertz CT molecular complexity index is 573. The summed E-state index contributed by atoms with van der Waals surface area (Å²) in [5.41, 5.74) is 1.85. The summed E-state index contributed by atoms with van der Waals surface area (Å²) in [6, 6.07) is 7.47. The minimum Gasteiger partial charge on any atom is -0.421 e. The normalized spacial score (nSPS) is 11.7. The molecule has 2 aromatic rings. The van der Waals surface area contributed by atoms with Crippen molar-refractivity contribution in [1.82, 2.24) is 9.89 Å². The number of hydrogen-bond donors (Lipinski definition) is 1. The summed E-state index contributed by atoms with van der Waals surface area (Å²) in [7, 11) is 0. The molecule has 0 aliphatic heterocycles. The Balaban J connectivity index is 2.43. The Morgan fingerprint density at radius 3 is 2.24 bits per heavy atom. The molecule has 1 heterocycles. The van der Waals surface area contributed by atoms with Gasteiger partial charge in [0.2, 0.25) is 5.82 Å². The first-order valence-corrected chi connectivity index (χ1v) is 5.28. The molecule has 0 amide bonds. The van der Waals surface area contributed by atoms with Gasteiger partial charge in [-0.05, 0) is 11.0 Å². The molecule has 0 aliphatic carbocycles. The van der Waals surface area contributed by atoms with Gasteiger partial charge in [0.25, 0.3) is 0 Å².